The number of hydrogen-bond donors (Lipinski definition) is 0. The summed E-state index contributed by atoms with van der Waals surface area (Å²) in [6.07, 6.45) is 9.99. The minimum Gasteiger partial charge on any atom is -0.0885 e. The van der Waals surface area contributed by atoms with E-state index in [1.807, 2.05) is 0 Å². The summed E-state index contributed by atoms with van der Waals surface area (Å²) in [5, 5.41) is 0. The van der Waals surface area contributed by atoms with Crippen molar-refractivity contribution in [2.24, 2.45) is 5.92 Å². The average Bonchev–Trinajstić information content (AvgIpc) is 2.58. The fourth-order valence-electron chi connectivity index (χ4n) is 2.49. The Bertz CT molecular complexity index is 310. The van der Waals surface area contributed by atoms with Gasteiger partial charge in [-0.3, -0.25) is 0 Å². The Morgan fingerprint density at radius 3 is 2.73 bits per heavy atom. The highest BCUT2D eigenvalue weighted by atomic mass is 14.2. The minimum absolute atomic E-state index is 0.703. The van der Waals surface area contributed by atoms with Gasteiger partial charge in [0.25, 0.3) is 0 Å². The smallest absolute Gasteiger partial charge is 0.0159 e. The molecular weight excluding hydrogens is 180 g/mol. The molecule has 1 aromatic rings. The molecule has 2 rings (SSSR count). The third-order valence-electron chi connectivity index (χ3n) is 3.58. The van der Waals surface area contributed by atoms with Crippen molar-refractivity contribution in [2.45, 2.75) is 38.5 Å². The highest BCUT2D eigenvalue weighted by Crippen LogP contribution is 2.32. The van der Waals surface area contributed by atoms with E-state index < -0.39 is 0 Å². The molecule has 1 aromatic carbocycles. The van der Waals surface area contributed by atoms with Gasteiger partial charge in [-0.25, -0.2) is 0 Å². The van der Waals surface area contributed by atoms with Gasteiger partial charge >= 0.3 is 0 Å². The molecule has 80 valence electrons. The standard InChI is InChI=1S/C15H20/c1-13(15-11-7-4-8-12-15)14-9-5-2-3-6-10-14/h2,4-5,7-8,11-14H,3,6,9-10H2,1H3. The normalized spacial score (nSPS) is 23.4. The summed E-state index contributed by atoms with van der Waals surface area (Å²) in [6, 6.07) is 10.9. The van der Waals surface area contributed by atoms with Crippen molar-refractivity contribution in [2.75, 3.05) is 0 Å². The predicted octanol–water partition coefficient (Wildman–Crippen LogP) is 4.54. The Hall–Kier alpha value is -1.04. The average molecular weight is 200 g/mol. The molecule has 0 aromatic heterocycles. The maximum Gasteiger partial charge on any atom is -0.0159 e. The number of benzene rings is 1. The van der Waals surface area contributed by atoms with Crippen LogP contribution in [0.3, 0.4) is 0 Å². The molecule has 0 fully saturated rings. The van der Waals surface area contributed by atoms with E-state index in [0.29, 0.717) is 5.92 Å². The fourth-order valence-corrected chi connectivity index (χ4v) is 2.49. The van der Waals surface area contributed by atoms with Gasteiger partial charge in [-0.05, 0) is 43.1 Å². The first-order valence-electron chi connectivity index (χ1n) is 6.08. The largest absolute Gasteiger partial charge is 0.0885 e. The molecule has 0 nitrogen and oxygen atoms in total. The van der Waals surface area contributed by atoms with Crippen molar-refractivity contribution < 1.29 is 0 Å². The Balaban J connectivity index is 2.06. The second-order valence-electron chi connectivity index (χ2n) is 4.60. The van der Waals surface area contributed by atoms with E-state index in [0.717, 1.165) is 5.92 Å². The molecule has 0 aliphatic heterocycles. The summed E-state index contributed by atoms with van der Waals surface area (Å²) in [6.45, 7) is 2.37. The van der Waals surface area contributed by atoms with Crippen molar-refractivity contribution >= 4 is 0 Å². The van der Waals surface area contributed by atoms with Crippen LogP contribution in [0, 0.1) is 5.92 Å². The van der Waals surface area contributed by atoms with Gasteiger partial charge in [0, 0.05) is 0 Å². The minimum atomic E-state index is 0.703. The van der Waals surface area contributed by atoms with Crippen molar-refractivity contribution in [1.82, 2.24) is 0 Å². The van der Waals surface area contributed by atoms with Gasteiger partial charge in [0.2, 0.25) is 0 Å². The topological polar surface area (TPSA) is 0 Å². The summed E-state index contributed by atoms with van der Waals surface area (Å²) in [5.41, 5.74) is 1.50. The van der Waals surface area contributed by atoms with E-state index in [4.69, 9.17) is 0 Å². The highest BCUT2D eigenvalue weighted by Gasteiger charge is 2.18. The molecule has 0 bridgehead atoms. The summed E-state index contributed by atoms with van der Waals surface area (Å²) in [5.74, 6) is 1.54. The van der Waals surface area contributed by atoms with E-state index in [1.54, 1.807) is 0 Å². The molecule has 0 spiro atoms. The van der Waals surface area contributed by atoms with Gasteiger partial charge in [0.15, 0.2) is 0 Å². The monoisotopic (exact) mass is 200 g/mol. The second kappa shape index (κ2) is 5.16. The zero-order chi connectivity index (χ0) is 10.5. The number of allylic oxidation sites excluding steroid dienone is 2. The van der Waals surface area contributed by atoms with Crippen LogP contribution in [0.4, 0.5) is 0 Å². The fraction of sp³-hybridized carbons (Fsp3) is 0.467. The maximum atomic E-state index is 2.37. The number of rotatable bonds is 2. The molecule has 1 aliphatic carbocycles. The lowest BCUT2D eigenvalue weighted by Crippen LogP contribution is -2.08. The first-order chi connectivity index (χ1) is 7.38. The van der Waals surface area contributed by atoms with Crippen molar-refractivity contribution in [3.63, 3.8) is 0 Å². The Labute approximate surface area is 93.0 Å². The van der Waals surface area contributed by atoms with Gasteiger partial charge in [0.1, 0.15) is 0 Å². The van der Waals surface area contributed by atoms with Crippen LogP contribution in [0.2, 0.25) is 0 Å². The van der Waals surface area contributed by atoms with Crippen LogP contribution < -0.4 is 0 Å². The molecule has 0 radical (unpaired) electrons. The van der Waals surface area contributed by atoms with Gasteiger partial charge < -0.3 is 0 Å². The molecule has 15 heavy (non-hydrogen) atoms. The van der Waals surface area contributed by atoms with E-state index in [9.17, 15) is 0 Å². The third kappa shape index (κ3) is 2.71. The first kappa shape index (κ1) is 10.5. The Morgan fingerprint density at radius 2 is 1.93 bits per heavy atom. The van der Waals surface area contributed by atoms with Crippen LogP contribution in [0.15, 0.2) is 42.5 Å². The van der Waals surface area contributed by atoms with Crippen LogP contribution in [0.25, 0.3) is 0 Å². The van der Waals surface area contributed by atoms with Gasteiger partial charge in [-0.2, -0.15) is 0 Å². The van der Waals surface area contributed by atoms with Crippen LogP contribution in [0.5, 0.6) is 0 Å². The predicted molar refractivity (Wildman–Crippen MR) is 66.0 cm³/mol. The molecule has 0 amide bonds. The van der Waals surface area contributed by atoms with Gasteiger partial charge in [0.05, 0.1) is 0 Å². The first-order valence-corrected chi connectivity index (χ1v) is 6.08. The van der Waals surface area contributed by atoms with Crippen LogP contribution >= 0.6 is 0 Å². The SMILES string of the molecule is CC(c1ccccc1)C1CC=CCCC1. The van der Waals surface area contributed by atoms with Crippen LogP contribution in [-0.4, -0.2) is 0 Å². The zero-order valence-electron chi connectivity index (χ0n) is 9.52. The quantitative estimate of drug-likeness (QED) is 0.615. The molecule has 0 saturated carbocycles. The third-order valence-corrected chi connectivity index (χ3v) is 3.58. The van der Waals surface area contributed by atoms with E-state index in [2.05, 4.69) is 49.4 Å². The lowest BCUT2D eigenvalue weighted by Gasteiger charge is -2.22. The Kier molecular flexibility index (Phi) is 3.60. The molecule has 1 aliphatic rings. The van der Waals surface area contributed by atoms with Crippen molar-refractivity contribution in [3.8, 4) is 0 Å². The molecule has 0 heteroatoms. The molecule has 0 heterocycles. The molecule has 2 unspecified atom stereocenters. The molecular formula is C15H20. The van der Waals surface area contributed by atoms with E-state index in [1.165, 1.54) is 31.2 Å². The van der Waals surface area contributed by atoms with Gasteiger partial charge in [-0.15, -0.1) is 0 Å². The maximum absolute atomic E-state index is 2.37. The summed E-state index contributed by atoms with van der Waals surface area (Å²) < 4.78 is 0. The van der Waals surface area contributed by atoms with Crippen LogP contribution in [-0.2, 0) is 0 Å². The molecule has 2 atom stereocenters. The lowest BCUT2D eigenvalue weighted by molar-refractivity contribution is 0.416. The lowest BCUT2D eigenvalue weighted by atomic mass is 9.83. The molecule has 0 saturated heterocycles. The Morgan fingerprint density at radius 1 is 1.13 bits per heavy atom. The van der Waals surface area contributed by atoms with Gasteiger partial charge in [-0.1, -0.05) is 49.4 Å². The second-order valence-corrected chi connectivity index (χ2v) is 4.60. The number of hydrogen-bond acceptors (Lipinski definition) is 0. The van der Waals surface area contributed by atoms with E-state index >= 15 is 0 Å². The highest BCUT2D eigenvalue weighted by molar-refractivity contribution is 5.19. The van der Waals surface area contributed by atoms with Crippen molar-refractivity contribution in [3.05, 3.63) is 48.0 Å². The summed E-state index contributed by atoms with van der Waals surface area (Å²) >= 11 is 0. The summed E-state index contributed by atoms with van der Waals surface area (Å²) in [7, 11) is 0. The van der Waals surface area contributed by atoms with Crippen LogP contribution in [0.1, 0.15) is 44.1 Å². The zero-order valence-corrected chi connectivity index (χ0v) is 9.52. The van der Waals surface area contributed by atoms with E-state index in [-0.39, 0.29) is 0 Å². The summed E-state index contributed by atoms with van der Waals surface area (Å²) in [4.78, 5) is 0. The van der Waals surface area contributed by atoms with Crippen molar-refractivity contribution in [1.29, 1.82) is 0 Å². The molecule has 0 N–H and O–H groups in total.